The van der Waals surface area contributed by atoms with E-state index in [4.69, 9.17) is 10.1 Å². The summed E-state index contributed by atoms with van der Waals surface area (Å²) in [5.41, 5.74) is 5.55. The van der Waals surface area contributed by atoms with Crippen LogP contribution in [0.15, 0.2) is 66.7 Å². The van der Waals surface area contributed by atoms with Crippen LogP contribution in [-0.2, 0) is 13.1 Å². The van der Waals surface area contributed by atoms with E-state index < -0.39 is 0 Å². The monoisotopic (exact) mass is 396 g/mol. The van der Waals surface area contributed by atoms with E-state index in [0.29, 0.717) is 24.6 Å². The standard InChI is InChI=1S/C25H24N4O/c1-17-23-21(25(30)26-15-18-8-4-2-5-9-18)14-22(20-12-13-20)27-24(23)29(28-17)16-19-10-6-3-7-11-19/h2-11,14,20H,12-13,15-16H2,1H3,(H,26,30). The van der Waals surface area contributed by atoms with Crippen LogP contribution in [0, 0.1) is 6.92 Å². The van der Waals surface area contributed by atoms with Gasteiger partial charge in [0.05, 0.1) is 23.2 Å². The van der Waals surface area contributed by atoms with Gasteiger partial charge in [-0.25, -0.2) is 9.67 Å². The van der Waals surface area contributed by atoms with E-state index >= 15 is 0 Å². The zero-order valence-corrected chi connectivity index (χ0v) is 17.0. The molecule has 2 aromatic carbocycles. The highest BCUT2D eigenvalue weighted by Gasteiger charge is 2.28. The third-order valence-corrected chi connectivity index (χ3v) is 5.61. The Balaban J connectivity index is 1.53. The van der Waals surface area contributed by atoms with Crippen LogP contribution in [0.4, 0.5) is 0 Å². The van der Waals surface area contributed by atoms with E-state index in [9.17, 15) is 4.79 Å². The van der Waals surface area contributed by atoms with Crippen molar-refractivity contribution >= 4 is 16.9 Å². The van der Waals surface area contributed by atoms with E-state index in [1.54, 1.807) is 0 Å². The molecule has 0 atom stereocenters. The Hall–Kier alpha value is -3.47. The number of nitrogens with one attached hydrogen (secondary N) is 1. The molecule has 1 aliphatic rings. The van der Waals surface area contributed by atoms with Crippen molar-refractivity contribution in [3.8, 4) is 0 Å². The van der Waals surface area contributed by atoms with Gasteiger partial charge in [-0.05, 0) is 37.0 Å². The second-order valence-corrected chi connectivity index (χ2v) is 7.96. The molecule has 2 aromatic heterocycles. The number of benzene rings is 2. The Morgan fingerprint density at radius 2 is 1.70 bits per heavy atom. The molecule has 0 saturated heterocycles. The van der Waals surface area contributed by atoms with Crippen molar-refractivity contribution in [2.24, 2.45) is 0 Å². The lowest BCUT2D eigenvalue weighted by Gasteiger charge is -2.10. The number of nitrogens with zero attached hydrogens (tertiary/aromatic N) is 3. The summed E-state index contributed by atoms with van der Waals surface area (Å²) < 4.78 is 1.93. The minimum Gasteiger partial charge on any atom is -0.348 e. The highest BCUT2D eigenvalue weighted by atomic mass is 16.1. The summed E-state index contributed by atoms with van der Waals surface area (Å²) in [6.45, 7) is 3.09. The van der Waals surface area contributed by atoms with Crippen LogP contribution >= 0.6 is 0 Å². The Labute approximate surface area is 175 Å². The first-order valence-corrected chi connectivity index (χ1v) is 10.4. The summed E-state index contributed by atoms with van der Waals surface area (Å²) in [4.78, 5) is 18.1. The number of fused-ring (bicyclic) bond motifs is 1. The van der Waals surface area contributed by atoms with Crippen LogP contribution in [0.2, 0.25) is 0 Å². The summed E-state index contributed by atoms with van der Waals surface area (Å²) in [5, 5.41) is 8.67. The van der Waals surface area contributed by atoms with E-state index in [1.807, 2.05) is 66.2 Å². The fraction of sp³-hybridized carbons (Fsp3) is 0.240. The summed E-state index contributed by atoms with van der Waals surface area (Å²) >= 11 is 0. The van der Waals surface area contributed by atoms with Crippen LogP contribution in [0.3, 0.4) is 0 Å². The largest absolute Gasteiger partial charge is 0.348 e. The van der Waals surface area contributed by atoms with Crippen LogP contribution in [-0.4, -0.2) is 20.7 Å². The first kappa shape index (κ1) is 18.6. The van der Waals surface area contributed by atoms with Gasteiger partial charge in [-0.2, -0.15) is 5.10 Å². The molecule has 4 aromatic rings. The van der Waals surface area contributed by atoms with Crippen molar-refractivity contribution in [3.63, 3.8) is 0 Å². The third-order valence-electron chi connectivity index (χ3n) is 5.61. The second-order valence-electron chi connectivity index (χ2n) is 7.96. The molecule has 1 amide bonds. The van der Waals surface area contributed by atoms with Gasteiger partial charge < -0.3 is 5.32 Å². The van der Waals surface area contributed by atoms with E-state index in [0.717, 1.165) is 46.4 Å². The number of aromatic nitrogens is 3. The molecule has 0 bridgehead atoms. The van der Waals surface area contributed by atoms with Gasteiger partial charge in [-0.3, -0.25) is 4.79 Å². The first-order chi connectivity index (χ1) is 14.7. The number of rotatable bonds is 6. The second kappa shape index (κ2) is 7.75. The molecule has 1 fully saturated rings. The van der Waals surface area contributed by atoms with Crippen molar-refractivity contribution in [2.45, 2.75) is 38.8 Å². The molecule has 5 rings (SSSR count). The molecule has 0 spiro atoms. The molecule has 2 heterocycles. The Bertz CT molecular complexity index is 1190. The number of hydrogen-bond acceptors (Lipinski definition) is 3. The number of amides is 1. The van der Waals surface area contributed by atoms with E-state index in [1.165, 1.54) is 0 Å². The smallest absolute Gasteiger partial charge is 0.252 e. The summed E-state index contributed by atoms with van der Waals surface area (Å²) in [5.74, 6) is 0.381. The van der Waals surface area contributed by atoms with Gasteiger partial charge >= 0.3 is 0 Å². The predicted octanol–water partition coefficient (Wildman–Crippen LogP) is 4.60. The molecule has 1 N–H and O–H groups in total. The molecule has 1 aliphatic carbocycles. The lowest BCUT2D eigenvalue weighted by atomic mass is 10.1. The minimum atomic E-state index is -0.0736. The normalized spacial score (nSPS) is 13.5. The Morgan fingerprint density at radius 1 is 1.03 bits per heavy atom. The number of pyridine rings is 1. The van der Waals surface area contributed by atoms with E-state index in [2.05, 4.69) is 17.4 Å². The number of aryl methyl sites for hydroxylation is 1. The molecule has 5 nitrogen and oxygen atoms in total. The molecule has 150 valence electrons. The molecule has 0 radical (unpaired) electrons. The Kier molecular flexibility index (Phi) is 4.79. The molecule has 30 heavy (non-hydrogen) atoms. The zero-order valence-electron chi connectivity index (χ0n) is 17.0. The maximum Gasteiger partial charge on any atom is 0.252 e. The van der Waals surface area contributed by atoms with Crippen LogP contribution < -0.4 is 5.32 Å². The van der Waals surface area contributed by atoms with Gasteiger partial charge in [-0.15, -0.1) is 0 Å². The van der Waals surface area contributed by atoms with Gasteiger partial charge in [0, 0.05) is 18.2 Å². The summed E-state index contributed by atoms with van der Waals surface area (Å²) in [6, 6.07) is 22.2. The van der Waals surface area contributed by atoms with Crippen molar-refractivity contribution in [1.29, 1.82) is 0 Å². The van der Waals surface area contributed by atoms with Gasteiger partial charge in [0.2, 0.25) is 0 Å². The summed E-state index contributed by atoms with van der Waals surface area (Å²) in [6.07, 6.45) is 2.27. The van der Waals surface area contributed by atoms with Crippen molar-refractivity contribution in [2.75, 3.05) is 0 Å². The Morgan fingerprint density at radius 3 is 2.37 bits per heavy atom. The fourth-order valence-corrected chi connectivity index (χ4v) is 3.88. The molecule has 1 saturated carbocycles. The molecule has 0 aliphatic heterocycles. The number of hydrogen-bond donors (Lipinski definition) is 1. The minimum absolute atomic E-state index is 0.0736. The highest BCUT2D eigenvalue weighted by Crippen LogP contribution is 2.40. The van der Waals surface area contributed by atoms with Gasteiger partial charge in [0.1, 0.15) is 0 Å². The topological polar surface area (TPSA) is 59.8 Å². The van der Waals surface area contributed by atoms with E-state index in [-0.39, 0.29) is 5.91 Å². The molecular formula is C25H24N4O. The lowest BCUT2D eigenvalue weighted by molar-refractivity contribution is 0.0952. The fourth-order valence-electron chi connectivity index (χ4n) is 3.88. The van der Waals surface area contributed by atoms with Crippen LogP contribution in [0.1, 0.15) is 51.6 Å². The summed E-state index contributed by atoms with van der Waals surface area (Å²) in [7, 11) is 0. The molecule has 5 heteroatoms. The van der Waals surface area contributed by atoms with Crippen LogP contribution in [0.5, 0.6) is 0 Å². The van der Waals surface area contributed by atoms with Crippen molar-refractivity contribution < 1.29 is 4.79 Å². The molecular weight excluding hydrogens is 372 g/mol. The average Bonchev–Trinajstić information content (AvgIpc) is 3.58. The van der Waals surface area contributed by atoms with Gasteiger partial charge in [-0.1, -0.05) is 60.7 Å². The van der Waals surface area contributed by atoms with Gasteiger partial charge in [0.15, 0.2) is 5.65 Å². The van der Waals surface area contributed by atoms with Crippen molar-refractivity contribution in [3.05, 3.63) is 94.8 Å². The SMILES string of the molecule is Cc1nn(Cc2ccccc2)c2nc(C3CC3)cc(C(=O)NCc3ccccc3)c12. The molecule has 0 unspecified atom stereocenters. The zero-order chi connectivity index (χ0) is 20.5. The number of carbonyl (C=O) groups is 1. The first-order valence-electron chi connectivity index (χ1n) is 10.4. The quantitative estimate of drug-likeness (QED) is 0.518. The van der Waals surface area contributed by atoms with Crippen LogP contribution in [0.25, 0.3) is 11.0 Å². The lowest BCUT2D eigenvalue weighted by Crippen LogP contribution is -2.23. The predicted molar refractivity (Wildman–Crippen MR) is 117 cm³/mol. The maximum atomic E-state index is 13.2. The maximum absolute atomic E-state index is 13.2. The third kappa shape index (κ3) is 3.71. The number of carbonyl (C=O) groups excluding carboxylic acids is 1. The average molecular weight is 396 g/mol. The van der Waals surface area contributed by atoms with Crippen molar-refractivity contribution in [1.82, 2.24) is 20.1 Å². The van der Waals surface area contributed by atoms with Gasteiger partial charge in [0.25, 0.3) is 5.91 Å². The highest BCUT2D eigenvalue weighted by molar-refractivity contribution is 6.06.